The fourth-order valence-electron chi connectivity index (χ4n) is 3.93. The van der Waals surface area contributed by atoms with E-state index < -0.39 is 0 Å². The number of nitrogens with zero attached hydrogens (tertiary/aromatic N) is 3. The number of Topliss-reactive ketones (excluding diaryl/α,β-unsaturated/α-hetero) is 1. The first-order valence-corrected chi connectivity index (χ1v) is 8.60. The van der Waals surface area contributed by atoms with E-state index in [1.165, 1.54) is 11.3 Å². The highest BCUT2D eigenvalue weighted by molar-refractivity contribution is 6.03. The second-order valence-corrected chi connectivity index (χ2v) is 6.97. The van der Waals surface area contributed by atoms with Gasteiger partial charge in [0.15, 0.2) is 0 Å². The van der Waals surface area contributed by atoms with Crippen LogP contribution in [-0.2, 0) is 4.79 Å². The molecule has 0 amide bonds. The van der Waals surface area contributed by atoms with Crippen LogP contribution in [0.1, 0.15) is 19.8 Å². The minimum absolute atomic E-state index is 0.0527. The maximum Gasteiger partial charge on any atom is 0.231 e. The number of nitrogens with one attached hydrogen (secondary N) is 1. The van der Waals surface area contributed by atoms with Gasteiger partial charge in [0.2, 0.25) is 5.78 Å². The number of benzene rings is 1. The summed E-state index contributed by atoms with van der Waals surface area (Å²) < 4.78 is 0. The molecule has 2 aliphatic heterocycles. The summed E-state index contributed by atoms with van der Waals surface area (Å²) in [6, 6.07) is 10.1. The Labute approximate surface area is 143 Å². The van der Waals surface area contributed by atoms with Gasteiger partial charge < -0.3 is 14.7 Å². The zero-order valence-electron chi connectivity index (χ0n) is 14.7. The van der Waals surface area contributed by atoms with E-state index in [2.05, 4.69) is 13.0 Å². The number of para-hydroxylation sites is 2. The quantitative estimate of drug-likeness (QED) is 0.670. The first kappa shape index (κ1) is 16.5. The molecule has 5 nitrogen and oxygen atoms in total. The van der Waals surface area contributed by atoms with Crippen molar-refractivity contribution in [2.75, 3.05) is 43.5 Å². The molecule has 126 valence electrons. The Hall–Kier alpha value is -2.32. The third-order valence-electron chi connectivity index (χ3n) is 5.13. The molecule has 24 heavy (non-hydrogen) atoms. The molecule has 0 radical (unpaired) electrons. The predicted octanol–water partition coefficient (Wildman–Crippen LogP) is 1.19. The lowest BCUT2D eigenvalue weighted by molar-refractivity contribution is -0.900. The van der Waals surface area contributed by atoms with Crippen LogP contribution < -0.4 is 14.7 Å². The van der Waals surface area contributed by atoms with Crippen LogP contribution in [0.4, 0.5) is 11.4 Å². The summed E-state index contributed by atoms with van der Waals surface area (Å²) in [4.78, 5) is 18.0. The van der Waals surface area contributed by atoms with Gasteiger partial charge in [-0.3, -0.25) is 4.79 Å². The molecule has 1 unspecified atom stereocenters. The van der Waals surface area contributed by atoms with Gasteiger partial charge in [-0.25, -0.2) is 0 Å². The van der Waals surface area contributed by atoms with E-state index in [0.717, 1.165) is 30.9 Å². The average molecular weight is 325 g/mol. The number of quaternary nitrogens is 1. The van der Waals surface area contributed by atoms with E-state index in [1.54, 1.807) is 0 Å². The molecule has 0 saturated carbocycles. The summed E-state index contributed by atoms with van der Waals surface area (Å²) in [5.74, 6) is 1.29. The average Bonchev–Trinajstić information content (AvgIpc) is 2.81. The Morgan fingerprint density at radius 1 is 1.29 bits per heavy atom. The summed E-state index contributed by atoms with van der Waals surface area (Å²) in [7, 11) is 3.83. The fraction of sp³-hybridized carbons (Fsp3) is 0.474. The minimum Gasteiger partial charge on any atom is -0.328 e. The van der Waals surface area contributed by atoms with E-state index in [1.807, 2.05) is 48.2 Å². The van der Waals surface area contributed by atoms with Crippen molar-refractivity contribution in [1.29, 1.82) is 5.26 Å². The van der Waals surface area contributed by atoms with Crippen LogP contribution >= 0.6 is 0 Å². The topological polar surface area (TPSA) is 51.8 Å². The zero-order chi connectivity index (χ0) is 17.3. The molecule has 5 heteroatoms. The second-order valence-electron chi connectivity index (χ2n) is 6.97. The van der Waals surface area contributed by atoms with Gasteiger partial charge in [-0.1, -0.05) is 19.1 Å². The third kappa shape index (κ3) is 2.90. The largest absolute Gasteiger partial charge is 0.328 e. The van der Waals surface area contributed by atoms with Gasteiger partial charge in [-0.05, 0) is 25.0 Å². The van der Waals surface area contributed by atoms with Gasteiger partial charge in [-0.15, -0.1) is 0 Å². The number of carbonyl (C=O) groups excluding carboxylic acids is 1. The van der Waals surface area contributed by atoms with Crippen molar-refractivity contribution in [3.05, 3.63) is 35.7 Å². The molecule has 0 spiro atoms. The molecule has 2 aliphatic rings. The zero-order valence-corrected chi connectivity index (χ0v) is 14.7. The number of fused-ring (bicyclic) bond motifs is 1. The Kier molecular flexibility index (Phi) is 4.59. The van der Waals surface area contributed by atoms with Gasteiger partial charge >= 0.3 is 0 Å². The molecule has 0 bridgehead atoms. The van der Waals surface area contributed by atoms with Crippen molar-refractivity contribution in [1.82, 2.24) is 0 Å². The van der Waals surface area contributed by atoms with Crippen LogP contribution in [0.25, 0.3) is 0 Å². The SMILES string of the molecule is C[C@@H]1CCC[NH+](CC(=O)C(C#N)=C2N(C)c3ccccc3N2C)C1. The van der Waals surface area contributed by atoms with Gasteiger partial charge in [0.05, 0.1) is 24.5 Å². The fourth-order valence-corrected chi connectivity index (χ4v) is 3.93. The Morgan fingerprint density at radius 3 is 2.46 bits per heavy atom. The molecule has 3 rings (SSSR count). The Bertz CT molecular complexity index is 687. The molecule has 0 aromatic heterocycles. The lowest BCUT2D eigenvalue weighted by Gasteiger charge is -2.27. The van der Waals surface area contributed by atoms with E-state index >= 15 is 0 Å². The van der Waals surface area contributed by atoms with Gasteiger partial charge in [0.1, 0.15) is 24.0 Å². The first-order chi connectivity index (χ1) is 11.5. The summed E-state index contributed by atoms with van der Waals surface area (Å²) in [5.41, 5.74) is 2.31. The number of hydrogen-bond acceptors (Lipinski definition) is 4. The number of rotatable bonds is 3. The molecule has 2 atom stereocenters. The Balaban J connectivity index is 1.87. The van der Waals surface area contributed by atoms with Crippen molar-refractivity contribution >= 4 is 17.2 Å². The molecule has 1 aromatic carbocycles. The number of piperidine rings is 1. The summed E-state index contributed by atoms with van der Waals surface area (Å²) in [6.45, 7) is 4.69. The Morgan fingerprint density at radius 2 is 1.92 bits per heavy atom. The van der Waals surface area contributed by atoms with Crippen molar-refractivity contribution in [3.8, 4) is 6.07 Å². The molecule has 1 saturated heterocycles. The highest BCUT2D eigenvalue weighted by Crippen LogP contribution is 2.40. The number of hydrogen-bond donors (Lipinski definition) is 1. The van der Waals surface area contributed by atoms with Crippen molar-refractivity contribution < 1.29 is 9.69 Å². The van der Waals surface area contributed by atoms with Crippen molar-refractivity contribution in [2.24, 2.45) is 5.92 Å². The summed E-state index contributed by atoms with van der Waals surface area (Å²) in [6.07, 6.45) is 2.40. The molecular formula is C19H25N4O+. The van der Waals surface area contributed by atoms with E-state index in [9.17, 15) is 10.1 Å². The number of ketones is 1. The summed E-state index contributed by atoms with van der Waals surface area (Å²) in [5, 5.41) is 9.66. The lowest BCUT2D eigenvalue weighted by Crippen LogP contribution is -3.14. The third-order valence-corrected chi connectivity index (χ3v) is 5.13. The number of anilines is 2. The van der Waals surface area contributed by atoms with Crippen LogP contribution in [-0.4, -0.2) is 39.5 Å². The van der Waals surface area contributed by atoms with Crippen LogP contribution in [0.15, 0.2) is 35.7 Å². The minimum atomic E-state index is -0.0527. The molecule has 2 heterocycles. The van der Waals surface area contributed by atoms with Crippen LogP contribution in [0, 0.1) is 17.2 Å². The van der Waals surface area contributed by atoms with Crippen molar-refractivity contribution in [3.63, 3.8) is 0 Å². The van der Waals surface area contributed by atoms with E-state index in [-0.39, 0.29) is 11.4 Å². The molecule has 1 N–H and O–H groups in total. The molecule has 0 aliphatic carbocycles. The van der Waals surface area contributed by atoms with E-state index in [4.69, 9.17) is 0 Å². The monoisotopic (exact) mass is 325 g/mol. The van der Waals surface area contributed by atoms with Gasteiger partial charge in [-0.2, -0.15) is 5.26 Å². The number of nitriles is 1. The highest BCUT2D eigenvalue weighted by Gasteiger charge is 2.33. The number of likely N-dealkylation sites (tertiary alicyclic amines) is 1. The van der Waals surface area contributed by atoms with Gasteiger partial charge in [0, 0.05) is 20.0 Å². The molecule has 1 aromatic rings. The lowest BCUT2D eigenvalue weighted by atomic mass is 9.99. The normalized spacial score (nSPS) is 23.0. The van der Waals surface area contributed by atoms with Crippen LogP contribution in [0.2, 0.25) is 0 Å². The van der Waals surface area contributed by atoms with Gasteiger partial charge in [0.25, 0.3) is 0 Å². The van der Waals surface area contributed by atoms with E-state index in [0.29, 0.717) is 18.3 Å². The standard InChI is InChI=1S/C19H24N4O/c1-14-7-6-10-23(12-14)13-18(24)15(11-20)19-21(2)16-8-4-5-9-17(16)22(19)3/h4-5,8-9,14H,6-7,10,12-13H2,1-3H3/p+1/t14-/m1/s1. The maximum atomic E-state index is 12.8. The van der Waals surface area contributed by atoms with Crippen LogP contribution in [0.5, 0.6) is 0 Å². The molecule has 1 fully saturated rings. The number of carbonyl (C=O) groups is 1. The second kappa shape index (κ2) is 6.66. The smallest absolute Gasteiger partial charge is 0.231 e. The first-order valence-electron chi connectivity index (χ1n) is 8.60. The summed E-state index contributed by atoms with van der Waals surface area (Å²) >= 11 is 0. The van der Waals surface area contributed by atoms with Crippen LogP contribution in [0.3, 0.4) is 0 Å². The highest BCUT2D eigenvalue weighted by atomic mass is 16.1. The predicted molar refractivity (Wildman–Crippen MR) is 94.9 cm³/mol. The van der Waals surface area contributed by atoms with Crippen molar-refractivity contribution in [2.45, 2.75) is 19.8 Å². The maximum absolute atomic E-state index is 12.8. The molecular weight excluding hydrogens is 300 g/mol.